The van der Waals surface area contributed by atoms with Gasteiger partial charge in [-0.05, 0) is 31.9 Å². The minimum atomic E-state index is 0.920. The number of nitrogens with one attached hydrogen (secondary N) is 1. The third-order valence-corrected chi connectivity index (χ3v) is 4.72. The van der Waals surface area contributed by atoms with Crippen LogP contribution in [0, 0.1) is 6.92 Å². The van der Waals surface area contributed by atoms with Gasteiger partial charge in [-0.25, -0.2) is 4.98 Å². The van der Waals surface area contributed by atoms with Crippen molar-refractivity contribution < 1.29 is 0 Å². The van der Waals surface area contributed by atoms with Crippen molar-refractivity contribution >= 4 is 23.1 Å². The molecule has 2 nitrogen and oxygen atoms in total. The number of benzene rings is 1. The van der Waals surface area contributed by atoms with Crippen molar-refractivity contribution in [3.8, 4) is 10.6 Å². The lowest BCUT2D eigenvalue weighted by molar-refractivity contribution is 0.731. The molecule has 2 aromatic rings. The molecule has 96 valence electrons. The summed E-state index contributed by atoms with van der Waals surface area (Å²) in [5, 5.41) is 4.47. The van der Waals surface area contributed by atoms with Gasteiger partial charge in [0.05, 0.1) is 5.69 Å². The van der Waals surface area contributed by atoms with E-state index in [1.807, 2.05) is 0 Å². The van der Waals surface area contributed by atoms with Gasteiger partial charge in [0.15, 0.2) is 0 Å². The van der Waals surface area contributed by atoms with Crippen LogP contribution in [0.2, 0.25) is 0 Å². The van der Waals surface area contributed by atoms with Gasteiger partial charge in [-0.15, -0.1) is 23.1 Å². The largest absolute Gasteiger partial charge is 0.312 e. The van der Waals surface area contributed by atoms with Gasteiger partial charge in [-0.3, -0.25) is 0 Å². The van der Waals surface area contributed by atoms with E-state index in [9.17, 15) is 0 Å². The summed E-state index contributed by atoms with van der Waals surface area (Å²) in [7, 11) is 0. The van der Waals surface area contributed by atoms with Crippen LogP contribution in [0.1, 0.15) is 17.5 Å². The van der Waals surface area contributed by atoms with E-state index in [2.05, 4.69) is 54.7 Å². The summed E-state index contributed by atoms with van der Waals surface area (Å²) in [6, 6.07) is 8.61. The van der Waals surface area contributed by atoms with Crippen LogP contribution < -0.4 is 5.32 Å². The second-order valence-electron chi connectivity index (χ2n) is 4.04. The Morgan fingerprint density at radius 3 is 2.61 bits per heavy atom. The smallest absolute Gasteiger partial charge is 0.123 e. The van der Waals surface area contributed by atoms with Crippen molar-refractivity contribution in [3.63, 3.8) is 0 Å². The molecule has 1 aromatic carbocycles. The standard InChI is InChI=1S/C14H18N2S2/c1-4-15-9-13-10(2)16-14(18-13)11-5-7-12(17-3)8-6-11/h5-8,15H,4,9H2,1-3H3. The Kier molecular flexibility index (Phi) is 4.80. The van der Waals surface area contributed by atoms with Gasteiger partial charge in [0.2, 0.25) is 0 Å². The van der Waals surface area contributed by atoms with Gasteiger partial charge >= 0.3 is 0 Å². The molecule has 1 N–H and O–H groups in total. The summed E-state index contributed by atoms with van der Waals surface area (Å²) in [6.45, 7) is 6.12. The van der Waals surface area contributed by atoms with Crippen molar-refractivity contribution in [3.05, 3.63) is 34.8 Å². The third kappa shape index (κ3) is 3.13. The highest BCUT2D eigenvalue weighted by Gasteiger charge is 2.08. The average molecular weight is 278 g/mol. The number of thiazole rings is 1. The maximum absolute atomic E-state index is 4.66. The van der Waals surface area contributed by atoms with Crippen LogP contribution in [-0.4, -0.2) is 17.8 Å². The van der Waals surface area contributed by atoms with Crippen molar-refractivity contribution in [1.82, 2.24) is 10.3 Å². The lowest BCUT2D eigenvalue weighted by atomic mass is 10.2. The highest BCUT2D eigenvalue weighted by Crippen LogP contribution is 2.29. The predicted molar refractivity (Wildman–Crippen MR) is 81.4 cm³/mol. The van der Waals surface area contributed by atoms with E-state index in [0.717, 1.165) is 23.8 Å². The molecule has 18 heavy (non-hydrogen) atoms. The Morgan fingerprint density at radius 2 is 2.00 bits per heavy atom. The van der Waals surface area contributed by atoms with Crippen LogP contribution in [0.15, 0.2) is 29.2 Å². The highest BCUT2D eigenvalue weighted by molar-refractivity contribution is 7.98. The summed E-state index contributed by atoms with van der Waals surface area (Å²) in [4.78, 5) is 7.29. The van der Waals surface area contributed by atoms with Gasteiger partial charge in [-0.2, -0.15) is 0 Å². The molecule has 1 aromatic heterocycles. The Morgan fingerprint density at radius 1 is 1.28 bits per heavy atom. The van der Waals surface area contributed by atoms with Crippen molar-refractivity contribution in [2.45, 2.75) is 25.3 Å². The van der Waals surface area contributed by atoms with Gasteiger partial charge < -0.3 is 5.32 Å². The van der Waals surface area contributed by atoms with Crippen LogP contribution in [0.4, 0.5) is 0 Å². The van der Waals surface area contributed by atoms with Crippen molar-refractivity contribution in [1.29, 1.82) is 0 Å². The Balaban J connectivity index is 2.21. The molecule has 0 radical (unpaired) electrons. The third-order valence-electron chi connectivity index (χ3n) is 2.77. The number of hydrogen-bond acceptors (Lipinski definition) is 4. The van der Waals surface area contributed by atoms with Crippen LogP contribution in [0.3, 0.4) is 0 Å². The quantitative estimate of drug-likeness (QED) is 0.838. The summed E-state index contributed by atoms with van der Waals surface area (Å²) in [6.07, 6.45) is 2.09. The van der Waals surface area contributed by atoms with E-state index in [1.165, 1.54) is 15.3 Å². The van der Waals surface area contributed by atoms with Crippen LogP contribution in [0.5, 0.6) is 0 Å². The van der Waals surface area contributed by atoms with Crippen LogP contribution in [-0.2, 0) is 6.54 Å². The first-order valence-corrected chi connectivity index (χ1v) is 8.10. The molecule has 0 atom stereocenters. The number of thioether (sulfide) groups is 1. The first kappa shape index (κ1) is 13.6. The predicted octanol–water partition coefficient (Wildman–Crippen LogP) is 3.95. The van der Waals surface area contributed by atoms with E-state index in [-0.39, 0.29) is 0 Å². The molecule has 0 amide bonds. The topological polar surface area (TPSA) is 24.9 Å². The molecule has 0 saturated carbocycles. The zero-order valence-electron chi connectivity index (χ0n) is 11.0. The lowest BCUT2D eigenvalue weighted by Gasteiger charge is -1.98. The average Bonchev–Trinajstić information content (AvgIpc) is 2.78. The fourth-order valence-corrected chi connectivity index (χ4v) is 3.13. The van der Waals surface area contributed by atoms with Gasteiger partial charge in [-0.1, -0.05) is 19.1 Å². The van der Waals surface area contributed by atoms with E-state index in [1.54, 1.807) is 23.1 Å². The Bertz CT molecular complexity index is 503. The summed E-state index contributed by atoms with van der Waals surface area (Å²) in [5.41, 5.74) is 2.36. The number of aromatic nitrogens is 1. The minimum absolute atomic E-state index is 0.920. The zero-order valence-corrected chi connectivity index (χ0v) is 12.6. The summed E-state index contributed by atoms with van der Waals surface area (Å²) in [5.74, 6) is 0. The fraction of sp³-hybridized carbons (Fsp3) is 0.357. The molecule has 0 aliphatic rings. The molecule has 4 heteroatoms. The first-order chi connectivity index (χ1) is 8.74. The molecule has 0 aliphatic heterocycles. The number of aryl methyl sites for hydroxylation is 1. The molecular weight excluding hydrogens is 260 g/mol. The first-order valence-electron chi connectivity index (χ1n) is 6.06. The van der Waals surface area contributed by atoms with Gasteiger partial charge in [0.1, 0.15) is 5.01 Å². The minimum Gasteiger partial charge on any atom is -0.312 e. The molecular formula is C14H18N2S2. The molecule has 0 fully saturated rings. The number of nitrogens with zero attached hydrogens (tertiary/aromatic N) is 1. The molecule has 1 heterocycles. The highest BCUT2D eigenvalue weighted by atomic mass is 32.2. The Labute approximate surface area is 117 Å². The zero-order chi connectivity index (χ0) is 13.0. The maximum Gasteiger partial charge on any atom is 0.123 e. The van der Waals surface area contributed by atoms with Crippen LogP contribution in [0.25, 0.3) is 10.6 Å². The number of rotatable bonds is 5. The molecule has 0 unspecified atom stereocenters. The van der Waals surface area contributed by atoms with Crippen molar-refractivity contribution in [2.24, 2.45) is 0 Å². The van der Waals surface area contributed by atoms with Crippen LogP contribution >= 0.6 is 23.1 Å². The van der Waals surface area contributed by atoms with E-state index in [0.29, 0.717) is 0 Å². The second kappa shape index (κ2) is 6.36. The normalized spacial score (nSPS) is 10.8. The van der Waals surface area contributed by atoms with Gasteiger partial charge in [0.25, 0.3) is 0 Å². The molecule has 0 spiro atoms. The van der Waals surface area contributed by atoms with E-state index < -0.39 is 0 Å². The second-order valence-corrected chi connectivity index (χ2v) is 6.00. The summed E-state index contributed by atoms with van der Waals surface area (Å²) >= 11 is 3.55. The monoisotopic (exact) mass is 278 g/mol. The summed E-state index contributed by atoms with van der Waals surface area (Å²) < 4.78 is 0. The maximum atomic E-state index is 4.66. The van der Waals surface area contributed by atoms with E-state index >= 15 is 0 Å². The molecule has 0 bridgehead atoms. The molecule has 0 saturated heterocycles. The SMILES string of the molecule is CCNCc1sc(-c2ccc(SC)cc2)nc1C. The number of hydrogen-bond donors (Lipinski definition) is 1. The lowest BCUT2D eigenvalue weighted by Crippen LogP contribution is -2.11. The van der Waals surface area contributed by atoms with Crippen molar-refractivity contribution in [2.75, 3.05) is 12.8 Å². The van der Waals surface area contributed by atoms with Gasteiger partial charge in [0, 0.05) is 21.9 Å². The molecule has 0 aliphatic carbocycles. The molecule has 2 rings (SSSR count). The Hall–Kier alpha value is -0.840. The fourth-order valence-electron chi connectivity index (χ4n) is 1.69. The van der Waals surface area contributed by atoms with E-state index in [4.69, 9.17) is 0 Å².